The monoisotopic (exact) mass is 228 g/mol. The van der Waals surface area contributed by atoms with Gasteiger partial charge in [0.2, 0.25) is 0 Å². The van der Waals surface area contributed by atoms with Crippen LogP contribution in [-0.2, 0) is 0 Å². The summed E-state index contributed by atoms with van der Waals surface area (Å²) >= 11 is 0. The van der Waals surface area contributed by atoms with E-state index < -0.39 is 0 Å². The van der Waals surface area contributed by atoms with Gasteiger partial charge in [-0.3, -0.25) is 0 Å². The molecular weight excluding hydrogens is 212 g/mol. The fourth-order valence-electron chi connectivity index (χ4n) is 1.78. The number of hydrogen-bond donors (Lipinski definition) is 2. The Hall–Kier alpha value is -2.00. The molecular formula is C14H16N2O. The SMILES string of the molecule is COc1ccc(C(N)c2ccccc2N)cc1. The molecule has 0 aliphatic heterocycles. The summed E-state index contributed by atoms with van der Waals surface area (Å²) in [5.41, 5.74) is 14.8. The van der Waals surface area contributed by atoms with Gasteiger partial charge in [-0.25, -0.2) is 0 Å². The number of rotatable bonds is 3. The van der Waals surface area contributed by atoms with Gasteiger partial charge in [-0.05, 0) is 29.3 Å². The highest BCUT2D eigenvalue weighted by Crippen LogP contribution is 2.25. The van der Waals surface area contributed by atoms with E-state index in [9.17, 15) is 0 Å². The predicted molar refractivity (Wildman–Crippen MR) is 69.9 cm³/mol. The van der Waals surface area contributed by atoms with Crippen molar-refractivity contribution < 1.29 is 4.74 Å². The fourth-order valence-corrected chi connectivity index (χ4v) is 1.78. The average Bonchev–Trinajstić information content (AvgIpc) is 2.39. The second-order valence-electron chi connectivity index (χ2n) is 3.88. The lowest BCUT2D eigenvalue weighted by Gasteiger charge is -2.15. The summed E-state index contributed by atoms with van der Waals surface area (Å²) in [5.74, 6) is 0.821. The van der Waals surface area contributed by atoms with E-state index in [2.05, 4.69) is 0 Å². The first-order valence-electron chi connectivity index (χ1n) is 5.46. The second-order valence-corrected chi connectivity index (χ2v) is 3.88. The van der Waals surface area contributed by atoms with Gasteiger partial charge in [-0.1, -0.05) is 30.3 Å². The highest BCUT2D eigenvalue weighted by molar-refractivity contribution is 5.51. The van der Waals surface area contributed by atoms with Crippen LogP contribution < -0.4 is 16.2 Å². The van der Waals surface area contributed by atoms with Crippen LogP contribution in [0, 0.1) is 0 Å². The van der Waals surface area contributed by atoms with Crippen molar-refractivity contribution in [3.63, 3.8) is 0 Å². The lowest BCUT2D eigenvalue weighted by atomic mass is 9.98. The molecule has 2 aromatic rings. The number of hydrogen-bond acceptors (Lipinski definition) is 3. The summed E-state index contributed by atoms with van der Waals surface area (Å²) in [6, 6.07) is 15.1. The van der Waals surface area contributed by atoms with Crippen LogP contribution in [0.5, 0.6) is 5.75 Å². The van der Waals surface area contributed by atoms with Gasteiger partial charge in [0.15, 0.2) is 0 Å². The Kier molecular flexibility index (Phi) is 3.30. The molecule has 2 aromatic carbocycles. The maximum atomic E-state index is 6.19. The Labute approximate surface area is 101 Å². The number of benzene rings is 2. The van der Waals surface area contributed by atoms with Crippen LogP contribution in [0.1, 0.15) is 17.2 Å². The molecule has 0 bridgehead atoms. The van der Waals surface area contributed by atoms with Gasteiger partial charge in [0.05, 0.1) is 13.2 Å². The summed E-state index contributed by atoms with van der Waals surface area (Å²) in [6.07, 6.45) is 0. The number of para-hydroxylation sites is 1. The minimum absolute atomic E-state index is 0.206. The van der Waals surface area contributed by atoms with E-state index in [1.54, 1.807) is 7.11 Å². The lowest BCUT2D eigenvalue weighted by molar-refractivity contribution is 0.414. The molecule has 88 valence electrons. The van der Waals surface area contributed by atoms with Gasteiger partial charge < -0.3 is 16.2 Å². The molecule has 17 heavy (non-hydrogen) atoms. The van der Waals surface area contributed by atoms with Crippen molar-refractivity contribution in [2.45, 2.75) is 6.04 Å². The molecule has 0 spiro atoms. The minimum atomic E-state index is -0.206. The molecule has 0 heterocycles. The number of ether oxygens (including phenoxy) is 1. The number of nitrogen functional groups attached to an aromatic ring is 1. The van der Waals surface area contributed by atoms with E-state index in [0.717, 1.165) is 22.6 Å². The number of anilines is 1. The summed E-state index contributed by atoms with van der Waals surface area (Å²) in [4.78, 5) is 0. The zero-order valence-corrected chi connectivity index (χ0v) is 9.76. The van der Waals surface area contributed by atoms with Crippen LogP contribution in [0.2, 0.25) is 0 Å². The summed E-state index contributed by atoms with van der Waals surface area (Å²) in [7, 11) is 1.64. The van der Waals surface area contributed by atoms with Gasteiger partial charge in [0.25, 0.3) is 0 Å². The van der Waals surface area contributed by atoms with Crippen molar-refractivity contribution >= 4 is 5.69 Å². The molecule has 1 unspecified atom stereocenters. The third-order valence-corrected chi connectivity index (χ3v) is 2.81. The molecule has 0 amide bonds. The van der Waals surface area contributed by atoms with Crippen LogP contribution in [0.25, 0.3) is 0 Å². The first-order chi connectivity index (χ1) is 8.22. The van der Waals surface area contributed by atoms with Gasteiger partial charge >= 0.3 is 0 Å². The van der Waals surface area contributed by atoms with Crippen molar-refractivity contribution in [1.29, 1.82) is 0 Å². The normalized spacial score (nSPS) is 12.1. The van der Waals surface area contributed by atoms with Gasteiger partial charge in [-0.15, -0.1) is 0 Å². The van der Waals surface area contributed by atoms with E-state index in [0.29, 0.717) is 0 Å². The second kappa shape index (κ2) is 4.89. The molecule has 1 atom stereocenters. The van der Waals surface area contributed by atoms with E-state index in [1.807, 2.05) is 48.5 Å². The lowest BCUT2D eigenvalue weighted by Crippen LogP contribution is -2.13. The Bertz CT molecular complexity index is 494. The molecule has 0 aliphatic carbocycles. The Morgan fingerprint density at radius 2 is 1.65 bits per heavy atom. The van der Waals surface area contributed by atoms with Crippen LogP contribution in [0.15, 0.2) is 48.5 Å². The van der Waals surface area contributed by atoms with Crippen LogP contribution in [0.4, 0.5) is 5.69 Å². The minimum Gasteiger partial charge on any atom is -0.497 e. The van der Waals surface area contributed by atoms with Gasteiger partial charge in [-0.2, -0.15) is 0 Å². The third-order valence-electron chi connectivity index (χ3n) is 2.81. The maximum Gasteiger partial charge on any atom is 0.118 e. The molecule has 0 saturated carbocycles. The quantitative estimate of drug-likeness (QED) is 0.792. The Morgan fingerprint density at radius 3 is 2.24 bits per heavy atom. The number of methoxy groups -OCH3 is 1. The van der Waals surface area contributed by atoms with E-state index in [-0.39, 0.29) is 6.04 Å². The molecule has 0 aliphatic rings. The molecule has 4 N–H and O–H groups in total. The molecule has 0 aromatic heterocycles. The van der Waals surface area contributed by atoms with Crippen molar-refractivity contribution in [3.05, 3.63) is 59.7 Å². The molecule has 0 saturated heterocycles. The third kappa shape index (κ3) is 2.40. The van der Waals surface area contributed by atoms with Crippen molar-refractivity contribution in [1.82, 2.24) is 0 Å². The fraction of sp³-hybridized carbons (Fsp3) is 0.143. The average molecular weight is 228 g/mol. The van der Waals surface area contributed by atoms with Crippen molar-refractivity contribution in [2.24, 2.45) is 5.73 Å². The van der Waals surface area contributed by atoms with E-state index in [4.69, 9.17) is 16.2 Å². The topological polar surface area (TPSA) is 61.3 Å². The Morgan fingerprint density at radius 1 is 1.00 bits per heavy atom. The van der Waals surface area contributed by atoms with Crippen LogP contribution in [-0.4, -0.2) is 7.11 Å². The Balaban J connectivity index is 2.30. The highest BCUT2D eigenvalue weighted by Gasteiger charge is 2.11. The van der Waals surface area contributed by atoms with Crippen molar-refractivity contribution in [2.75, 3.05) is 12.8 Å². The van der Waals surface area contributed by atoms with Gasteiger partial charge in [0, 0.05) is 5.69 Å². The largest absolute Gasteiger partial charge is 0.497 e. The van der Waals surface area contributed by atoms with E-state index in [1.165, 1.54) is 0 Å². The summed E-state index contributed by atoms with van der Waals surface area (Å²) < 4.78 is 5.11. The zero-order chi connectivity index (χ0) is 12.3. The van der Waals surface area contributed by atoms with Crippen LogP contribution in [0.3, 0.4) is 0 Å². The van der Waals surface area contributed by atoms with Gasteiger partial charge in [0.1, 0.15) is 5.75 Å². The first-order valence-corrected chi connectivity index (χ1v) is 5.46. The maximum absolute atomic E-state index is 6.19. The first kappa shape index (κ1) is 11.5. The molecule has 3 heteroatoms. The van der Waals surface area contributed by atoms with Crippen molar-refractivity contribution in [3.8, 4) is 5.75 Å². The zero-order valence-electron chi connectivity index (χ0n) is 9.76. The highest BCUT2D eigenvalue weighted by atomic mass is 16.5. The molecule has 2 rings (SSSR count). The van der Waals surface area contributed by atoms with Crippen LogP contribution >= 0.6 is 0 Å². The standard InChI is InChI=1S/C14H16N2O/c1-17-11-8-6-10(7-9-11)14(16)12-4-2-3-5-13(12)15/h2-9,14H,15-16H2,1H3. The molecule has 0 fully saturated rings. The summed E-state index contributed by atoms with van der Waals surface area (Å²) in [6.45, 7) is 0. The molecule has 3 nitrogen and oxygen atoms in total. The molecule has 0 radical (unpaired) electrons. The number of nitrogens with two attached hydrogens (primary N) is 2. The smallest absolute Gasteiger partial charge is 0.118 e. The van der Waals surface area contributed by atoms with E-state index >= 15 is 0 Å². The predicted octanol–water partition coefficient (Wildman–Crippen LogP) is 2.33. The summed E-state index contributed by atoms with van der Waals surface area (Å²) in [5, 5.41) is 0.